The molecule has 1 rings (SSSR count). The number of aromatic nitrogens is 2. The van der Waals surface area contributed by atoms with Crippen molar-refractivity contribution in [2.45, 2.75) is 0 Å². The molecule has 0 atom stereocenters. The van der Waals surface area contributed by atoms with E-state index in [1.807, 2.05) is 0 Å². The van der Waals surface area contributed by atoms with Crippen molar-refractivity contribution in [3.8, 4) is 0 Å². The standard InChI is InChI=1S/C2H2N2O.BH3O2/c1-3-4-2-5-1;2-1-3/h1-2H;1-3H. The van der Waals surface area contributed by atoms with Crippen molar-refractivity contribution in [2.24, 2.45) is 0 Å². The van der Waals surface area contributed by atoms with Gasteiger partial charge in [-0.25, -0.2) is 0 Å². The normalized spacial score (nSPS) is 6.75. The average molecular weight is 116 g/mol. The molecule has 2 N–H and O–H groups in total. The van der Waals surface area contributed by atoms with Crippen LogP contribution in [0, 0.1) is 0 Å². The molecule has 8 heavy (non-hydrogen) atoms. The van der Waals surface area contributed by atoms with E-state index in [9.17, 15) is 0 Å². The zero-order chi connectivity index (χ0) is 6.24. The molecule has 0 aliphatic heterocycles. The molecule has 0 unspecified atom stereocenters. The lowest BCUT2D eigenvalue weighted by Gasteiger charge is -1.48. The van der Waals surface area contributed by atoms with Gasteiger partial charge in [-0.05, 0) is 0 Å². The molecule has 1 heterocycles. The first kappa shape index (κ1) is 7.12. The molecule has 0 radical (unpaired) electrons. The number of rotatable bonds is 0. The second-order valence-electron chi connectivity index (χ2n) is 0.719. The van der Waals surface area contributed by atoms with Gasteiger partial charge in [0.05, 0.1) is 0 Å². The van der Waals surface area contributed by atoms with Crippen molar-refractivity contribution < 1.29 is 14.5 Å². The van der Waals surface area contributed by atoms with E-state index in [2.05, 4.69) is 14.6 Å². The average Bonchev–Trinajstić information content (AvgIpc) is 2.17. The molecule has 5 nitrogen and oxygen atoms in total. The molecule has 0 spiro atoms. The predicted octanol–water partition coefficient (Wildman–Crippen LogP) is -1.69. The second-order valence-corrected chi connectivity index (χ2v) is 0.719. The van der Waals surface area contributed by atoms with Gasteiger partial charge in [-0.3, -0.25) is 0 Å². The highest BCUT2D eigenvalue weighted by Crippen LogP contribution is 1.64. The SMILES string of the molecule is OBO.c1nnco1. The van der Waals surface area contributed by atoms with Crippen LogP contribution in [0.25, 0.3) is 0 Å². The van der Waals surface area contributed by atoms with E-state index in [-0.39, 0.29) is 0 Å². The van der Waals surface area contributed by atoms with Gasteiger partial charge in [-0.1, -0.05) is 0 Å². The van der Waals surface area contributed by atoms with Crippen molar-refractivity contribution in [3.63, 3.8) is 0 Å². The summed E-state index contributed by atoms with van der Waals surface area (Å²) >= 11 is 0. The van der Waals surface area contributed by atoms with E-state index in [1.54, 1.807) is 0 Å². The third-order valence-electron chi connectivity index (χ3n) is 0.283. The summed E-state index contributed by atoms with van der Waals surface area (Å²) in [5, 5.41) is 20.9. The molecule has 0 bridgehead atoms. The maximum Gasteiger partial charge on any atom is 0.432 e. The fourth-order valence-corrected chi connectivity index (χ4v) is 0.136. The Labute approximate surface area is 46.3 Å². The van der Waals surface area contributed by atoms with Crippen LogP contribution in [0.1, 0.15) is 0 Å². The molecule has 0 fully saturated rings. The first-order valence-corrected chi connectivity index (χ1v) is 1.82. The summed E-state index contributed by atoms with van der Waals surface area (Å²) in [7, 11) is -0.750. The number of hydrogen-bond acceptors (Lipinski definition) is 5. The van der Waals surface area contributed by atoms with Crippen LogP contribution in [0.2, 0.25) is 0 Å². The fourth-order valence-electron chi connectivity index (χ4n) is 0.136. The second kappa shape index (κ2) is 6.12. The van der Waals surface area contributed by atoms with Gasteiger partial charge in [-0.15, -0.1) is 10.2 Å². The summed E-state index contributed by atoms with van der Waals surface area (Å²) in [6.45, 7) is 0. The van der Waals surface area contributed by atoms with Gasteiger partial charge < -0.3 is 14.5 Å². The minimum Gasteiger partial charge on any atom is -0.431 e. The Balaban J connectivity index is 0.000000145. The monoisotopic (exact) mass is 116 g/mol. The largest absolute Gasteiger partial charge is 0.432 e. The molecule has 0 aliphatic carbocycles. The number of nitrogens with zero attached hydrogens (tertiary/aromatic N) is 2. The maximum atomic E-state index is 7.12. The highest BCUT2D eigenvalue weighted by Gasteiger charge is 1.60. The molecular formula is C2H5BN2O3. The number of hydrogen-bond donors (Lipinski definition) is 2. The smallest absolute Gasteiger partial charge is 0.431 e. The van der Waals surface area contributed by atoms with Crippen molar-refractivity contribution in [2.75, 3.05) is 0 Å². The molecule has 0 aliphatic rings. The quantitative estimate of drug-likeness (QED) is 0.395. The summed E-state index contributed by atoms with van der Waals surface area (Å²) in [5.74, 6) is 0. The van der Waals surface area contributed by atoms with Crippen molar-refractivity contribution >= 4 is 7.69 Å². The lowest BCUT2D eigenvalue weighted by atomic mass is 10.5. The van der Waals surface area contributed by atoms with Crippen molar-refractivity contribution in [1.82, 2.24) is 10.2 Å². The Hall–Kier alpha value is -0.875. The van der Waals surface area contributed by atoms with Crippen molar-refractivity contribution in [1.29, 1.82) is 0 Å². The molecule has 0 amide bonds. The predicted molar refractivity (Wildman–Crippen MR) is 25.9 cm³/mol. The van der Waals surface area contributed by atoms with Crippen LogP contribution in [-0.4, -0.2) is 27.9 Å². The van der Waals surface area contributed by atoms with Crippen LogP contribution < -0.4 is 0 Å². The molecule has 6 heteroatoms. The third kappa shape index (κ3) is 5.12. The molecule has 44 valence electrons. The van der Waals surface area contributed by atoms with Gasteiger partial charge in [-0.2, -0.15) is 0 Å². The van der Waals surface area contributed by atoms with E-state index in [1.165, 1.54) is 12.8 Å². The van der Waals surface area contributed by atoms with E-state index < -0.39 is 7.69 Å². The topological polar surface area (TPSA) is 79.4 Å². The Morgan fingerprint density at radius 1 is 1.25 bits per heavy atom. The first-order valence-electron chi connectivity index (χ1n) is 1.82. The highest BCUT2D eigenvalue weighted by molar-refractivity contribution is 6.13. The third-order valence-corrected chi connectivity index (χ3v) is 0.283. The van der Waals surface area contributed by atoms with Gasteiger partial charge >= 0.3 is 7.69 Å². The summed E-state index contributed by atoms with van der Waals surface area (Å²) in [6.07, 6.45) is 2.53. The first-order chi connectivity index (χ1) is 3.91. The maximum absolute atomic E-state index is 7.12. The summed E-state index contributed by atoms with van der Waals surface area (Å²) in [5.41, 5.74) is 0. The van der Waals surface area contributed by atoms with Crippen LogP contribution in [0.4, 0.5) is 0 Å². The van der Waals surface area contributed by atoms with Gasteiger partial charge in [0.1, 0.15) is 0 Å². The van der Waals surface area contributed by atoms with Crippen molar-refractivity contribution in [3.05, 3.63) is 12.8 Å². The zero-order valence-corrected chi connectivity index (χ0v) is 4.06. The Morgan fingerprint density at radius 3 is 1.75 bits per heavy atom. The molecule has 1 aromatic rings. The molecule has 1 aromatic heterocycles. The zero-order valence-electron chi connectivity index (χ0n) is 4.06. The Morgan fingerprint density at radius 2 is 1.62 bits per heavy atom. The van der Waals surface area contributed by atoms with Crippen LogP contribution in [0.5, 0.6) is 0 Å². The fraction of sp³-hybridized carbons (Fsp3) is 0. The lowest BCUT2D eigenvalue weighted by molar-refractivity contribution is 0.448. The molecule has 0 saturated heterocycles. The van der Waals surface area contributed by atoms with Crippen LogP contribution >= 0.6 is 0 Å². The van der Waals surface area contributed by atoms with E-state index in [0.29, 0.717) is 0 Å². The molecular weight excluding hydrogens is 111 g/mol. The van der Waals surface area contributed by atoms with E-state index in [4.69, 9.17) is 10.0 Å². The molecule has 0 aromatic carbocycles. The van der Waals surface area contributed by atoms with Crippen LogP contribution in [-0.2, 0) is 0 Å². The van der Waals surface area contributed by atoms with Gasteiger partial charge in [0.15, 0.2) is 0 Å². The van der Waals surface area contributed by atoms with Crippen LogP contribution in [0.15, 0.2) is 17.2 Å². The van der Waals surface area contributed by atoms with Crippen LogP contribution in [0.3, 0.4) is 0 Å². The Bertz CT molecular complexity index is 82.2. The van der Waals surface area contributed by atoms with Gasteiger partial charge in [0, 0.05) is 0 Å². The van der Waals surface area contributed by atoms with Gasteiger partial charge in [0.25, 0.3) is 0 Å². The Kier molecular flexibility index (Phi) is 5.45. The minimum atomic E-state index is -0.750. The highest BCUT2D eigenvalue weighted by atomic mass is 16.4. The summed E-state index contributed by atoms with van der Waals surface area (Å²) in [6, 6.07) is 0. The van der Waals surface area contributed by atoms with E-state index >= 15 is 0 Å². The lowest BCUT2D eigenvalue weighted by Crippen LogP contribution is -1.75. The van der Waals surface area contributed by atoms with E-state index in [0.717, 1.165) is 0 Å². The summed E-state index contributed by atoms with van der Waals surface area (Å²) in [4.78, 5) is 0. The minimum absolute atomic E-state index is 0.750. The molecule has 0 saturated carbocycles. The summed E-state index contributed by atoms with van der Waals surface area (Å²) < 4.78 is 4.36. The van der Waals surface area contributed by atoms with Gasteiger partial charge in [0.2, 0.25) is 12.8 Å².